The highest BCUT2D eigenvalue weighted by atomic mass is 19.1. The molecule has 0 N–H and O–H groups in total. The Bertz CT molecular complexity index is 898. The van der Waals surface area contributed by atoms with Crippen LogP contribution in [0.3, 0.4) is 0 Å². The first-order valence-corrected chi connectivity index (χ1v) is 9.48. The molecule has 1 aliphatic heterocycles. The van der Waals surface area contributed by atoms with Gasteiger partial charge in [0.25, 0.3) is 0 Å². The van der Waals surface area contributed by atoms with E-state index in [2.05, 4.69) is 41.6 Å². The van der Waals surface area contributed by atoms with E-state index in [1.165, 1.54) is 29.5 Å². The fraction of sp³-hybridized carbons (Fsp3) is 0.409. The summed E-state index contributed by atoms with van der Waals surface area (Å²) in [4.78, 5) is 7.37. The lowest BCUT2D eigenvalue weighted by Gasteiger charge is -2.16. The van der Waals surface area contributed by atoms with Gasteiger partial charge < -0.3 is 4.57 Å². The molecule has 1 atom stereocenters. The van der Waals surface area contributed by atoms with Gasteiger partial charge in [0.2, 0.25) is 0 Å². The van der Waals surface area contributed by atoms with Gasteiger partial charge >= 0.3 is 0 Å². The number of aryl methyl sites for hydroxylation is 3. The summed E-state index contributed by atoms with van der Waals surface area (Å²) in [5.41, 5.74) is 4.85. The van der Waals surface area contributed by atoms with E-state index in [1.807, 2.05) is 12.1 Å². The first-order chi connectivity index (χ1) is 12.6. The fourth-order valence-electron chi connectivity index (χ4n) is 4.17. The molecule has 1 saturated heterocycles. The third-order valence-electron chi connectivity index (χ3n) is 5.68. The zero-order valence-corrected chi connectivity index (χ0v) is 15.6. The highest BCUT2D eigenvalue weighted by molar-refractivity contribution is 5.79. The number of likely N-dealkylation sites (tertiary alicyclic amines) is 1. The summed E-state index contributed by atoms with van der Waals surface area (Å²) in [7, 11) is 2.12. The number of rotatable bonds is 5. The van der Waals surface area contributed by atoms with Gasteiger partial charge in [-0.2, -0.15) is 0 Å². The number of para-hydroxylation sites is 1. The molecule has 0 bridgehead atoms. The number of hydrogen-bond donors (Lipinski definition) is 0. The quantitative estimate of drug-likeness (QED) is 0.676. The smallest absolute Gasteiger partial charge is 0.123 e. The Hall–Kier alpha value is -2.20. The Kier molecular flexibility index (Phi) is 4.77. The molecule has 0 amide bonds. The Morgan fingerprint density at radius 1 is 1.15 bits per heavy atom. The summed E-state index contributed by atoms with van der Waals surface area (Å²) < 4.78 is 15.3. The summed E-state index contributed by atoms with van der Waals surface area (Å²) in [6.07, 6.45) is 3.44. The average molecular weight is 351 g/mol. The second-order valence-electron chi connectivity index (χ2n) is 7.58. The second kappa shape index (κ2) is 7.20. The van der Waals surface area contributed by atoms with E-state index in [9.17, 15) is 4.39 Å². The summed E-state index contributed by atoms with van der Waals surface area (Å²) in [5.74, 6) is 1.71. The van der Waals surface area contributed by atoms with Crippen LogP contribution in [0.15, 0.2) is 42.5 Å². The van der Waals surface area contributed by atoms with Crippen molar-refractivity contribution in [2.24, 2.45) is 13.0 Å². The molecule has 2 heterocycles. The van der Waals surface area contributed by atoms with Gasteiger partial charge in [0.1, 0.15) is 11.6 Å². The average Bonchev–Trinajstić information content (AvgIpc) is 3.20. The predicted molar refractivity (Wildman–Crippen MR) is 104 cm³/mol. The lowest BCUT2D eigenvalue weighted by atomic mass is 9.99. The highest BCUT2D eigenvalue weighted by Crippen LogP contribution is 2.25. The lowest BCUT2D eigenvalue weighted by molar-refractivity contribution is 0.303. The molecule has 0 spiro atoms. The summed E-state index contributed by atoms with van der Waals surface area (Å²) in [5, 5.41) is 0. The van der Waals surface area contributed by atoms with Crippen molar-refractivity contribution in [2.45, 2.75) is 32.7 Å². The molecule has 1 unspecified atom stereocenters. The van der Waals surface area contributed by atoms with E-state index in [-0.39, 0.29) is 5.82 Å². The molecule has 0 aliphatic carbocycles. The Balaban J connectivity index is 1.36. The van der Waals surface area contributed by atoms with Gasteiger partial charge in [-0.25, -0.2) is 9.37 Å². The number of imidazole rings is 1. The molecule has 3 aromatic rings. The monoisotopic (exact) mass is 351 g/mol. The van der Waals surface area contributed by atoms with Crippen LogP contribution in [0.4, 0.5) is 4.39 Å². The third-order valence-corrected chi connectivity index (χ3v) is 5.68. The number of nitrogens with zero attached hydrogens (tertiary/aromatic N) is 3. The molecule has 2 aromatic carbocycles. The van der Waals surface area contributed by atoms with E-state index >= 15 is 0 Å². The van der Waals surface area contributed by atoms with Crippen molar-refractivity contribution in [3.8, 4) is 0 Å². The van der Waals surface area contributed by atoms with Crippen molar-refractivity contribution in [2.75, 3.05) is 13.1 Å². The topological polar surface area (TPSA) is 21.1 Å². The van der Waals surface area contributed by atoms with Crippen LogP contribution in [0.2, 0.25) is 0 Å². The van der Waals surface area contributed by atoms with Crippen molar-refractivity contribution >= 4 is 11.0 Å². The van der Waals surface area contributed by atoms with E-state index in [4.69, 9.17) is 4.98 Å². The third kappa shape index (κ3) is 3.51. The van der Waals surface area contributed by atoms with Crippen LogP contribution in [0.1, 0.15) is 29.8 Å². The lowest BCUT2D eigenvalue weighted by Crippen LogP contribution is -2.22. The van der Waals surface area contributed by atoms with Crippen LogP contribution >= 0.6 is 0 Å². The minimum atomic E-state index is -0.154. The molecule has 26 heavy (non-hydrogen) atoms. The molecule has 1 fully saturated rings. The van der Waals surface area contributed by atoms with E-state index < -0.39 is 0 Å². The molecule has 1 aromatic heterocycles. The van der Waals surface area contributed by atoms with E-state index in [0.29, 0.717) is 0 Å². The van der Waals surface area contributed by atoms with E-state index in [1.54, 1.807) is 12.1 Å². The zero-order chi connectivity index (χ0) is 18.1. The molecular formula is C22H26FN3. The largest absolute Gasteiger partial charge is 0.330 e. The number of fused-ring (bicyclic) bond motifs is 1. The zero-order valence-electron chi connectivity index (χ0n) is 15.6. The van der Waals surface area contributed by atoms with Crippen molar-refractivity contribution in [3.05, 3.63) is 65.2 Å². The van der Waals surface area contributed by atoms with Crippen LogP contribution in [-0.4, -0.2) is 27.5 Å². The minimum absolute atomic E-state index is 0.154. The summed E-state index contributed by atoms with van der Waals surface area (Å²) in [6, 6.07) is 13.3. The van der Waals surface area contributed by atoms with Gasteiger partial charge in [0.05, 0.1) is 17.6 Å². The number of aromatic nitrogens is 2. The summed E-state index contributed by atoms with van der Waals surface area (Å²) >= 11 is 0. The van der Waals surface area contributed by atoms with Crippen LogP contribution in [0, 0.1) is 18.7 Å². The molecule has 0 saturated carbocycles. The first kappa shape index (κ1) is 17.2. The molecule has 0 radical (unpaired) electrons. The Morgan fingerprint density at radius 2 is 1.96 bits per heavy atom. The number of halogens is 1. The Morgan fingerprint density at radius 3 is 2.73 bits per heavy atom. The van der Waals surface area contributed by atoms with Crippen LogP contribution in [0.25, 0.3) is 11.0 Å². The molecule has 3 nitrogen and oxygen atoms in total. The maximum absolute atomic E-state index is 13.0. The maximum Gasteiger partial charge on any atom is 0.123 e. The number of benzene rings is 2. The van der Waals surface area contributed by atoms with Crippen LogP contribution in [-0.2, 0) is 20.0 Å². The maximum atomic E-state index is 13.0. The molecule has 4 rings (SSSR count). The van der Waals surface area contributed by atoms with E-state index in [0.717, 1.165) is 43.3 Å². The SMILES string of the molecule is Cc1cccc2nc(CN3CCC(CCc4ccc(F)cc4)C3)n(C)c12. The van der Waals surface area contributed by atoms with Gasteiger partial charge in [0.15, 0.2) is 0 Å². The minimum Gasteiger partial charge on any atom is -0.330 e. The highest BCUT2D eigenvalue weighted by Gasteiger charge is 2.23. The molecule has 1 aliphatic rings. The van der Waals surface area contributed by atoms with Crippen LogP contribution in [0.5, 0.6) is 0 Å². The van der Waals surface area contributed by atoms with Crippen molar-refractivity contribution in [1.82, 2.24) is 14.5 Å². The predicted octanol–water partition coefficient (Wildman–Crippen LogP) is 4.48. The standard InChI is InChI=1S/C22H26FN3/c1-16-4-3-5-20-22(16)25(2)21(24-20)15-26-13-12-18(14-26)7-6-17-8-10-19(23)11-9-17/h3-5,8-11,18H,6-7,12-15H2,1-2H3. The first-order valence-electron chi connectivity index (χ1n) is 9.48. The second-order valence-corrected chi connectivity index (χ2v) is 7.58. The van der Waals surface area contributed by atoms with Gasteiger partial charge in [0, 0.05) is 13.6 Å². The summed E-state index contributed by atoms with van der Waals surface area (Å²) in [6.45, 7) is 5.33. The molecule has 4 heteroatoms. The van der Waals surface area contributed by atoms with Gasteiger partial charge in [-0.1, -0.05) is 24.3 Å². The van der Waals surface area contributed by atoms with Crippen molar-refractivity contribution in [3.63, 3.8) is 0 Å². The normalized spacial score (nSPS) is 18.0. The fourth-order valence-corrected chi connectivity index (χ4v) is 4.17. The van der Waals surface area contributed by atoms with Gasteiger partial charge in [-0.15, -0.1) is 0 Å². The van der Waals surface area contributed by atoms with Gasteiger partial charge in [-0.05, 0) is 68.0 Å². The number of hydrogen-bond acceptors (Lipinski definition) is 2. The van der Waals surface area contributed by atoms with Gasteiger partial charge in [-0.3, -0.25) is 4.90 Å². The van der Waals surface area contributed by atoms with Crippen molar-refractivity contribution < 1.29 is 4.39 Å². The molecule has 136 valence electrons. The Labute approximate surface area is 154 Å². The molecular weight excluding hydrogens is 325 g/mol. The van der Waals surface area contributed by atoms with Crippen molar-refractivity contribution in [1.29, 1.82) is 0 Å². The van der Waals surface area contributed by atoms with Crippen LogP contribution < -0.4 is 0 Å².